The second kappa shape index (κ2) is 44.1. The smallest absolute Gasteiger partial charge is 0.306 e. The Labute approximate surface area is 637 Å². The zero-order valence-corrected chi connectivity index (χ0v) is 62.6. The van der Waals surface area contributed by atoms with Crippen LogP contribution >= 0.6 is 0 Å². The summed E-state index contributed by atoms with van der Waals surface area (Å²) in [6.45, 7) is 13.8. The van der Waals surface area contributed by atoms with Gasteiger partial charge in [0.1, 0.15) is 29.0 Å². The van der Waals surface area contributed by atoms with E-state index in [1.165, 1.54) is 42.9 Å². The van der Waals surface area contributed by atoms with E-state index in [0.29, 0.717) is 133 Å². The topological polar surface area (TPSA) is 292 Å². The summed E-state index contributed by atoms with van der Waals surface area (Å²) >= 11 is 0. The highest BCUT2D eigenvalue weighted by Crippen LogP contribution is 2.29. The predicted octanol–water partition coefficient (Wildman–Crippen LogP) is 17.3. The Morgan fingerprint density at radius 3 is 0.973 bits per heavy atom. The molecule has 576 valence electrons. The zero-order chi connectivity index (χ0) is 79.5. The highest BCUT2D eigenvalue weighted by molar-refractivity contribution is 6.10. The van der Waals surface area contributed by atoms with Crippen LogP contribution in [0.4, 0.5) is 68.7 Å². The van der Waals surface area contributed by atoms with Gasteiger partial charge in [0.15, 0.2) is 11.6 Å². The molecule has 0 unspecified atom stereocenters. The van der Waals surface area contributed by atoms with E-state index in [4.69, 9.17) is 14.2 Å². The number of hydrogen-bond acceptors (Lipinski definition) is 18. The number of nitrogens with one attached hydrogen (secondary N) is 6. The molecule has 110 heavy (non-hydrogen) atoms. The van der Waals surface area contributed by atoms with Crippen LogP contribution in [-0.2, 0) is 81.5 Å². The molecule has 0 aliphatic carbocycles. The number of pyridine rings is 3. The molecule has 3 amide bonds. The van der Waals surface area contributed by atoms with Crippen molar-refractivity contribution in [2.75, 3.05) is 51.7 Å². The van der Waals surface area contributed by atoms with Gasteiger partial charge in [-0.25, -0.2) is 17.6 Å². The van der Waals surface area contributed by atoms with Gasteiger partial charge in [-0.15, -0.1) is 0 Å². The van der Waals surface area contributed by atoms with Crippen LogP contribution in [0.5, 0.6) is 0 Å². The first-order valence-corrected chi connectivity index (χ1v) is 36.4. The van der Waals surface area contributed by atoms with Gasteiger partial charge in [-0.05, 0) is 186 Å². The molecule has 6 N–H and O–H groups in total. The molecule has 3 heterocycles. The lowest BCUT2D eigenvalue weighted by Crippen LogP contribution is -2.15. The Balaban J connectivity index is 0.000000229. The molecular formula is C85H91F4N9O12. The van der Waals surface area contributed by atoms with Crippen molar-refractivity contribution in [2.24, 2.45) is 0 Å². The van der Waals surface area contributed by atoms with Crippen molar-refractivity contribution in [3.05, 3.63) is 250 Å². The number of Topliss-reactive ketones (excluding diaryl/α,β-unsaturated/α-hetero) is 3. The summed E-state index contributed by atoms with van der Waals surface area (Å²) in [5.74, 6) is -4.76. The number of carbonyl (C=O) groups excluding carboxylic acids is 9. The fraction of sp³-hybridized carbons (Fsp3) is 0.294. The van der Waals surface area contributed by atoms with Gasteiger partial charge in [0.2, 0.25) is 0 Å². The largest absolute Gasteiger partial charge is 0.466 e. The normalized spacial score (nSPS) is 10.6. The molecule has 0 fully saturated rings. The molecular weight excluding hydrogens is 1410 g/mol. The summed E-state index contributed by atoms with van der Waals surface area (Å²) in [5.41, 5.74) is 9.41. The lowest BCUT2D eigenvalue weighted by atomic mass is 10.1. The molecule has 6 aromatic carbocycles. The standard InChI is InChI=1S/C29H32FN3O4.C28H29F2N3O4.C28H30FN3O4/c1-4-6-24(34)15-23-17-27(32-22-11-7-19(3)26(30)16-22)25(18-31-23)29(36)33-21-12-8-20(9-13-21)10-14-28(35)37-5-2;1-3-5-22(34)14-21-16-26(32-20-11-12-24(29)25(30)15-20)23(17-31-21)28(36)33-19-9-6-18(7-10-19)8-13-27(35)37-4-2;1-3-6-24(33)16-23-17-26(31-22-8-5-7-20(29)15-22)25(18-30-23)28(35)32-21-12-9-19(10-13-21)11-14-27(34)36-4-2/h7-9,11-13,16-18H,4-6,10,14-15H2,1-3H3,(H,31,32)(H,33,36);6-7,9-12,15-17H,3-5,8,13-14H2,1-2H3,(H,31,32)(H,33,36);5,7-10,12-13,15,17-18H,3-4,6,11,14,16H2,1-2H3,(H,30,31)(H,32,35). The highest BCUT2D eigenvalue weighted by atomic mass is 19.2. The number of rotatable bonds is 36. The lowest BCUT2D eigenvalue weighted by Gasteiger charge is -2.14. The van der Waals surface area contributed by atoms with Crippen molar-refractivity contribution in [3.63, 3.8) is 0 Å². The van der Waals surface area contributed by atoms with Crippen LogP contribution in [0.2, 0.25) is 0 Å². The first-order chi connectivity index (χ1) is 52.9. The highest BCUT2D eigenvalue weighted by Gasteiger charge is 2.21. The number of nitrogens with zero attached hydrogens (tertiary/aromatic N) is 3. The molecule has 9 rings (SSSR count). The number of ketones is 3. The van der Waals surface area contributed by atoms with E-state index >= 15 is 0 Å². The Kier molecular flexibility index (Phi) is 34.1. The van der Waals surface area contributed by atoms with Gasteiger partial charge in [0.25, 0.3) is 17.7 Å². The quantitative estimate of drug-likeness (QED) is 0.0121. The predicted molar refractivity (Wildman–Crippen MR) is 415 cm³/mol. The minimum absolute atomic E-state index is 0.00836. The molecule has 0 aliphatic rings. The van der Waals surface area contributed by atoms with Crippen LogP contribution in [-0.4, -0.2) is 87.8 Å². The van der Waals surface area contributed by atoms with Gasteiger partial charge in [-0.3, -0.25) is 58.1 Å². The molecule has 0 bridgehead atoms. The minimum Gasteiger partial charge on any atom is -0.466 e. The fourth-order valence-electron chi connectivity index (χ4n) is 10.9. The Hall–Kier alpha value is -12.3. The third kappa shape index (κ3) is 28.5. The summed E-state index contributed by atoms with van der Waals surface area (Å²) in [6, 6.07) is 40.2. The van der Waals surface area contributed by atoms with E-state index in [1.807, 2.05) is 45.0 Å². The average molecular weight is 1510 g/mol. The third-order valence-electron chi connectivity index (χ3n) is 16.5. The molecule has 0 saturated heterocycles. The van der Waals surface area contributed by atoms with Gasteiger partial charge in [-0.2, -0.15) is 0 Å². The van der Waals surface area contributed by atoms with Crippen LogP contribution in [0.25, 0.3) is 0 Å². The number of ether oxygens (including phenoxy) is 3. The molecule has 0 atom stereocenters. The Morgan fingerprint density at radius 2 is 0.664 bits per heavy atom. The molecule has 3 aromatic heterocycles. The van der Waals surface area contributed by atoms with Crippen molar-refractivity contribution in [1.82, 2.24) is 15.0 Å². The molecule has 25 heteroatoms. The van der Waals surface area contributed by atoms with Gasteiger partial charge in [-0.1, -0.05) is 69.3 Å². The number of esters is 3. The number of hydrogen-bond donors (Lipinski definition) is 6. The number of aromatic nitrogens is 3. The molecule has 9 aromatic rings. The van der Waals surface area contributed by atoms with Gasteiger partial charge < -0.3 is 46.1 Å². The van der Waals surface area contributed by atoms with E-state index in [9.17, 15) is 60.7 Å². The lowest BCUT2D eigenvalue weighted by molar-refractivity contribution is -0.144. The number of benzene rings is 6. The van der Waals surface area contributed by atoms with Gasteiger partial charge in [0, 0.05) is 134 Å². The van der Waals surface area contributed by atoms with E-state index < -0.39 is 35.2 Å². The molecule has 0 spiro atoms. The maximum absolute atomic E-state index is 14.1. The fourth-order valence-corrected chi connectivity index (χ4v) is 10.9. The summed E-state index contributed by atoms with van der Waals surface area (Å²) in [6.07, 6.45) is 10.5. The molecule has 0 aliphatic heterocycles. The van der Waals surface area contributed by atoms with E-state index in [0.717, 1.165) is 41.7 Å². The number of amides is 3. The summed E-state index contributed by atoms with van der Waals surface area (Å²) < 4.78 is 69.8. The molecule has 21 nitrogen and oxygen atoms in total. The molecule has 0 radical (unpaired) electrons. The Morgan fingerprint density at radius 1 is 0.345 bits per heavy atom. The number of anilines is 9. The molecule has 0 saturated carbocycles. The zero-order valence-electron chi connectivity index (χ0n) is 62.6. The second-order valence-electron chi connectivity index (χ2n) is 25.4. The maximum atomic E-state index is 14.1. The van der Waals surface area contributed by atoms with E-state index in [1.54, 1.807) is 119 Å². The maximum Gasteiger partial charge on any atom is 0.306 e. The number of halogens is 4. The first kappa shape index (κ1) is 85.0. The van der Waals surface area contributed by atoms with Gasteiger partial charge in [0.05, 0.1) is 53.6 Å². The van der Waals surface area contributed by atoms with Crippen molar-refractivity contribution in [1.29, 1.82) is 0 Å². The third-order valence-corrected chi connectivity index (χ3v) is 16.5. The monoisotopic (exact) mass is 1510 g/mol. The van der Waals surface area contributed by atoms with Crippen LogP contribution < -0.4 is 31.9 Å². The van der Waals surface area contributed by atoms with Crippen LogP contribution in [0.3, 0.4) is 0 Å². The van der Waals surface area contributed by atoms with Crippen molar-refractivity contribution >= 4 is 104 Å². The van der Waals surface area contributed by atoms with E-state index in [2.05, 4.69) is 46.9 Å². The average Bonchev–Trinajstić information content (AvgIpc) is 0.828. The SMILES string of the molecule is CCCC(=O)Cc1cc(Nc2ccc(C)c(F)c2)c(C(=O)Nc2ccc(CCC(=O)OCC)cc2)cn1.CCCC(=O)Cc1cc(Nc2ccc(F)c(F)c2)c(C(=O)Nc2ccc(CCC(=O)OCC)cc2)cn1.CCCC(=O)Cc1cc(Nc2cccc(F)c2)c(C(=O)Nc2ccc(CCC(=O)OCC)cc2)cn1. The Bertz CT molecular complexity index is 4460. The summed E-state index contributed by atoms with van der Waals surface area (Å²) in [7, 11) is 0. The van der Waals surface area contributed by atoms with Gasteiger partial charge >= 0.3 is 17.9 Å². The van der Waals surface area contributed by atoms with Crippen molar-refractivity contribution in [2.45, 2.75) is 145 Å². The second-order valence-corrected chi connectivity index (χ2v) is 25.4. The van der Waals surface area contributed by atoms with E-state index in [-0.39, 0.29) is 102 Å². The summed E-state index contributed by atoms with van der Waals surface area (Å²) in [5, 5.41) is 17.6. The van der Waals surface area contributed by atoms with Crippen molar-refractivity contribution < 1.29 is 74.9 Å². The first-order valence-electron chi connectivity index (χ1n) is 36.4. The number of aryl methyl sites for hydroxylation is 4. The van der Waals surface area contributed by atoms with Crippen molar-refractivity contribution in [3.8, 4) is 0 Å². The number of carbonyl (C=O) groups is 9. The minimum atomic E-state index is -1.04. The summed E-state index contributed by atoms with van der Waals surface area (Å²) in [4.78, 5) is 123. The van der Waals surface area contributed by atoms with Crippen LogP contribution in [0.1, 0.15) is 170 Å². The van der Waals surface area contributed by atoms with Crippen LogP contribution in [0.15, 0.2) is 170 Å². The van der Waals surface area contributed by atoms with Crippen LogP contribution in [0, 0.1) is 30.2 Å².